The van der Waals surface area contributed by atoms with Gasteiger partial charge in [0.25, 0.3) is 0 Å². The molecule has 10 heteroatoms. The molecular formula is C63H113NO8P+. The largest absolute Gasteiger partial charge is 0.472 e. The second-order valence-electron chi connectivity index (χ2n) is 21.0. The number of hydrogen-bond acceptors (Lipinski definition) is 7. The summed E-state index contributed by atoms with van der Waals surface area (Å²) in [5.41, 5.74) is 0. The van der Waals surface area contributed by atoms with Crippen LogP contribution < -0.4 is 0 Å². The first kappa shape index (κ1) is 70.2. The molecule has 0 aromatic carbocycles. The molecule has 0 aliphatic rings. The molecule has 0 radical (unpaired) electrons. The summed E-state index contributed by atoms with van der Waals surface area (Å²) in [6, 6.07) is 0. The van der Waals surface area contributed by atoms with Gasteiger partial charge in [-0.15, -0.1) is 0 Å². The second kappa shape index (κ2) is 54.0. The Kier molecular flexibility index (Phi) is 51.9. The highest BCUT2D eigenvalue weighted by atomic mass is 31.2. The second-order valence-corrected chi connectivity index (χ2v) is 22.5. The molecule has 73 heavy (non-hydrogen) atoms. The number of unbranched alkanes of at least 4 members (excludes halogenated alkanes) is 26. The lowest BCUT2D eigenvalue weighted by atomic mass is 10.0. The molecule has 0 bridgehead atoms. The molecule has 0 saturated carbocycles. The summed E-state index contributed by atoms with van der Waals surface area (Å²) in [6.07, 6.45) is 72.3. The van der Waals surface area contributed by atoms with Crippen LogP contribution >= 0.6 is 7.82 Å². The van der Waals surface area contributed by atoms with Crippen molar-refractivity contribution in [1.82, 2.24) is 0 Å². The number of ether oxygens (including phenoxy) is 2. The Balaban J connectivity index is 4.23. The first-order valence-electron chi connectivity index (χ1n) is 29.8. The van der Waals surface area contributed by atoms with Gasteiger partial charge in [0.2, 0.25) is 0 Å². The molecule has 2 atom stereocenters. The molecule has 1 N–H and O–H groups in total. The summed E-state index contributed by atoms with van der Waals surface area (Å²) < 4.78 is 34.6. The predicted octanol–water partition coefficient (Wildman–Crippen LogP) is 18.6. The van der Waals surface area contributed by atoms with E-state index in [2.05, 4.69) is 98.9 Å². The van der Waals surface area contributed by atoms with Crippen molar-refractivity contribution in [2.75, 3.05) is 47.5 Å². The fraction of sp³-hybridized carbons (Fsp3) is 0.746. The number of nitrogens with zero attached hydrogens (tertiary/aromatic N) is 1. The van der Waals surface area contributed by atoms with Gasteiger partial charge in [-0.2, -0.15) is 0 Å². The number of quaternary nitrogens is 1. The fourth-order valence-corrected chi connectivity index (χ4v) is 8.86. The molecule has 0 saturated heterocycles. The minimum Gasteiger partial charge on any atom is -0.462 e. The highest BCUT2D eigenvalue weighted by molar-refractivity contribution is 7.47. The predicted molar refractivity (Wildman–Crippen MR) is 312 cm³/mol. The zero-order valence-corrected chi connectivity index (χ0v) is 48.7. The number of hydrogen-bond donors (Lipinski definition) is 1. The topological polar surface area (TPSA) is 108 Å². The number of phosphoric acid groups is 1. The van der Waals surface area contributed by atoms with E-state index in [9.17, 15) is 19.0 Å². The number of phosphoric ester groups is 1. The first-order chi connectivity index (χ1) is 35.5. The third-order valence-electron chi connectivity index (χ3n) is 12.7. The molecule has 0 aliphatic carbocycles. The Bertz CT molecular complexity index is 1510. The number of likely N-dealkylation sites (N-methyl/N-ethyl adjacent to an activating group) is 1. The van der Waals surface area contributed by atoms with E-state index in [-0.39, 0.29) is 32.0 Å². The smallest absolute Gasteiger partial charge is 0.462 e. The van der Waals surface area contributed by atoms with Crippen LogP contribution in [0.1, 0.15) is 251 Å². The SMILES string of the molecule is CC/C=C\C/C=C\C/C=C\C/C=C\C/C=C\C/C=C\C/C=C\CCCCCC(=O)OC(COC(=O)CCCCCCCCCCCCCCCCCCCCCCCCCC)COP(=O)(O)OCC[N+](C)(C)C. The van der Waals surface area contributed by atoms with Crippen LogP contribution in [0, 0.1) is 0 Å². The van der Waals surface area contributed by atoms with Crippen LogP contribution in [0.15, 0.2) is 85.1 Å². The molecule has 0 spiro atoms. The normalized spacial score (nSPS) is 13.9. The zero-order valence-electron chi connectivity index (χ0n) is 47.9. The van der Waals surface area contributed by atoms with Crippen molar-refractivity contribution < 1.29 is 42.1 Å². The minimum absolute atomic E-state index is 0.0218. The Labute approximate surface area is 450 Å². The van der Waals surface area contributed by atoms with E-state index in [0.29, 0.717) is 17.4 Å². The van der Waals surface area contributed by atoms with E-state index >= 15 is 0 Å². The van der Waals surface area contributed by atoms with Crippen LogP contribution in [0.3, 0.4) is 0 Å². The van der Waals surface area contributed by atoms with Crippen molar-refractivity contribution in [2.24, 2.45) is 0 Å². The molecule has 0 heterocycles. The summed E-state index contributed by atoms with van der Waals surface area (Å²) in [7, 11) is 1.45. The lowest BCUT2D eigenvalue weighted by Gasteiger charge is -2.24. The van der Waals surface area contributed by atoms with E-state index in [1.54, 1.807) is 0 Å². The molecule has 0 aliphatic heterocycles. The highest BCUT2D eigenvalue weighted by Gasteiger charge is 2.27. The fourth-order valence-electron chi connectivity index (χ4n) is 8.11. The van der Waals surface area contributed by atoms with E-state index < -0.39 is 26.5 Å². The maximum Gasteiger partial charge on any atom is 0.472 e. The number of esters is 2. The van der Waals surface area contributed by atoms with Gasteiger partial charge in [0.05, 0.1) is 27.7 Å². The lowest BCUT2D eigenvalue weighted by molar-refractivity contribution is -0.870. The molecule has 0 rings (SSSR count). The molecule has 0 aromatic heterocycles. The van der Waals surface area contributed by atoms with Crippen LogP contribution in [0.4, 0.5) is 0 Å². The van der Waals surface area contributed by atoms with Crippen LogP contribution in [0.25, 0.3) is 0 Å². The van der Waals surface area contributed by atoms with E-state index in [0.717, 1.165) is 83.5 Å². The Hall–Kier alpha value is -2.81. The third kappa shape index (κ3) is 58.3. The molecule has 9 nitrogen and oxygen atoms in total. The van der Waals surface area contributed by atoms with Crippen LogP contribution in [-0.4, -0.2) is 74.9 Å². The van der Waals surface area contributed by atoms with Gasteiger partial charge in [0.15, 0.2) is 6.10 Å². The summed E-state index contributed by atoms with van der Waals surface area (Å²) in [5, 5.41) is 0. The maximum atomic E-state index is 12.8. The average Bonchev–Trinajstić information content (AvgIpc) is 3.35. The van der Waals surface area contributed by atoms with Gasteiger partial charge in [-0.05, 0) is 70.6 Å². The average molecular weight is 1040 g/mol. The van der Waals surface area contributed by atoms with Crippen molar-refractivity contribution in [1.29, 1.82) is 0 Å². The number of allylic oxidation sites excluding steroid dienone is 14. The van der Waals surface area contributed by atoms with Gasteiger partial charge in [0, 0.05) is 12.8 Å². The maximum absolute atomic E-state index is 12.8. The van der Waals surface area contributed by atoms with Crippen LogP contribution in [-0.2, 0) is 32.7 Å². The Morgan fingerprint density at radius 1 is 0.438 bits per heavy atom. The van der Waals surface area contributed by atoms with Gasteiger partial charge in [-0.25, -0.2) is 4.57 Å². The van der Waals surface area contributed by atoms with Crippen molar-refractivity contribution in [3.05, 3.63) is 85.1 Å². The van der Waals surface area contributed by atoms with E-state index in [1.807, 2.05) is 21.1 Å². The summed E-state index contributed by atoms with van der Waals surface area (Å²) in [6.45, 7) is 4.30. The van der Waals surface area contributed by atoms with Crippen molar-refractivity contribution >= 4 is 19.8 Å². The molecule has 0 amide bonds. The van der Waals surface area contributed by atoms with Crippen LogP contribution in [0.2, 0.25) is 0 Å². The summed E-state index contributed by atoms with van der Waals surface area (Å²) >= 11 is 0. The summed E-state index contributed by atoms with van der Waals surface area (Å²) in [5.74, 6) is -0.832. The van der Waals surface area contributed by atoms with Crippen molar-refractivity contribution in [3.63, 3.8) is 0 Å². The number of carbonyl (C=O) groups is 2. The number of carbonyl (C=O) groups excluding carboxylic acids is 2. The molecule has 0 fully saturated rings. The van der Waals surface area contributed by atoms with E-state index in [4.69, 9.17) is 18.5 Å². The van der Waals surface area contributed by atoms with E-state index in [1.165, 1.54) is 135 Å². The number of rotatable bonds is 54. The van der Waals surface area contributed by atoms with Gasteiger partial charge in [0.1, 0.15) is 19.8 Å². The lowest BCUT2D eigenvalue weighted by Crippen LogP contribution is -2.37. The zero-order chi connectivity index (χ0) is 53.5. The monoisotopic (exact) mass is 1040 g/mol. The quantitative estimate of drug-likeness (QED) is 0.0211. The van der Waals surface area contributed by atoms with Gasteiger partial charge in [-0.1, -0.05) is 253 Å². The van der Waals surface area contributed by atoms with Gasteiger partial charge in [-0.3, -0.25) is 18.6 Å². The molecular weight excluding hydrogens is 930 g/mol. The highest BCUT2D eigenvalue weighted by Crippen LogP contribution is 2.43. The van der Waals surface area contributed by atoms with Gasteiger partial charge < -0.3 is 18.9 Å². The third-order valence-corrected chi connectivity index (χ3v) is 13.7. The van der Waals surface area contributed by atoms with Gasteiger partial charge >= 0.3 is 19.8 Å². The minimum atomic E-state index is -4.40. The first-order valence-corrected chi connectivity index (χ1v) is 31.3. The van der Waals surface area contributed by atoms with Crippen LogP contribution in [0.5, 0.6) is 0 Å². The molecule has 422 valence electrons. The molecule has 2 unspecified atom stereocenters. The van der Waals surface area contributed by atoms with Crippen molar-refractivity contribution in [2.45, 2.75) is 258 Å². The Morgan fingerprint density at radius 3 is 1.16 bits per heavy atom. The standard InChI is InChI=1S/C63H112NO8P/c1-6-8-10-12-14-16-18-20-22-24-26-28-30-32-34-36-38-40-42-44-46-48-50-52-54-56-63(66)72-61(60-71-73(67,68)70-58-57-64(3,4)5)59-69-62(65)55-53-51-49-47-45-43-41-39-37-35-33-31-29-27-25-23-21-19-17-15-13-11-9-7-2/h8,10,14,16,20,22,26,28,32,34,38,40,44,46,61H,6-7,9,11-13,15,17-19,21,23-25,27,29-31,33,35-37,39,41-43,45,47-60H2,1-5H3/p+1/b10-8-,16-14-,22-20-,28-26-,34-32-,40-38-,46-44-. The summed E-state index contributed by atoms with van der Waals surface area (Å²) in [4.78, 5) is 35.7. The molecule has 0 aromatic rings. The Morgan fingerprint density at radius 2 is 0.781 bits per heavy atom. The van der Waals surface area contributed by atoms with Crippen molar-refractivity contribution in [3.8, 4) is 0 Å².